The van der Waals surface area contributed by atoms with Gasteiger partial charge >= 0.3 is 0 Å². The van der Waals surface area contributed by atoms with Crippen LogP contribution in [-0.2, 0) is 11.3 Å². The van der Waals surface area contributed by atoms with Crippen LogP contribution in [0.15, 0.2) is 4.52 Å². The van der Waals surface area contributed by atoms with Crippen molar-refractivity contribution in [2.45, 2.75) is 51.3 Å². The van der Waals surface area contributed by atoms with Gasteiger partial charge < -0.3 is 14.6 Å². The Labute approximate surface area is 95.6 Å². The van der Waals surface area contributed by atoms with Crippen molar-refractivity contribution < 1.29 is 9.26 Å². The van der Waals surface area contributed by atoms with Crippen LogP contribution in [0.25, 0.3) is 0 Å². The zero-order chi connectivity index (χ0) is 11.4. The SMILES string of the molecule is COC(C)c1noc(CNC2CCCC2)n1. The number of methoxy groups -OCH3 is 1. The summed E-state index contributed by atoms with van der Waals surface area (Å²) in [7, 11) is 1.64. The van der Waals surface area contributed by atoms with E-state index in [9.17, 15) is 0 Å². The maximum atomic E-state index is 5.14. The molecule has 1 aliphatic carbocycles. The monoisotopic (exact) mass is 225 g/mol. The molecule has 5 heteroatoms. The maximum Gasteiger partial charge on any atom is 0.240 e. The average molecular weight is 225 g/mol. The molecule has 0 radical (unpaired) electrons. The second-order valence-corrected chi connectivity index (χ2v) is 4.29. The van der Waals surface area contributed by atoms with Crippen LogP contribution >= 0.6 is 0 Å². The summed E-state index contributed by atoms with van der Waals surface area (Å²) in [4.78, 5) is 4.28. The molecule has 0 aliphatic heterocycles. The van der Waals surface area contributed by atoms with Gasteiger partial charge in [-0.25, -0.2) is 0 Å². The Kier molecular flexibility index (Phi) is 3.90. The van der Waals surface area contributed by atoms with Gasteiger partial charge in [0.2, 0.25) is 5.89 Å². The molecule has 2 rings (SSSR count). The van der Waals surface area contributed by atoms with E-state index in [2.05, 4.69) is 15.5 Å². The second-order valence-electron chi connectivity index (χ2n) is 4.29. The minimum absolute atomic E-state index is 0.107. The Morgan fingerprint density at radius 2 is 2.25 bits per heavy atom. The molecule has 5 nitrogen and oxygen atoms in total. The Balaban J connectivity index is 1.82. The predicted octanol–water partition coefficient (Wildman–Crippen LogP) is 1.81. The molecule has 1 aromatic heterocycles. The fraction of sp³-hybridized carbons (Fsp3) is 0.818. The van der Waals surface area contributed by atoms with Crippen LogP contribution in [0.3, 0.4) is 0 Å². The summed E-state index contributed by atoms with van der Waals surface area (Å²) >= 11 is 0. The van der Waals surface area contributed by atoms with Crippen LogP contribution in [0.4, 0.5) is 0 Å². The molecular formula is C11H19N3O2. The van der Waals surface area contributed by atoms with Gasteiger partial charge in [0.05, 0.1) is 6.54 Å². The average Bonchev–Trinajstić information content (AvgIpc) is 2.96. The molecule has 90 valence electrons. The molecule has 1 aromatic rings. The number of nitrogens with one attached hydrogen (secondary N) is 1. The van der Waals surface area contributed by atoms with Crippen LogP contribution < -0.4 is 5.32 Å². The Bertz CT molecular complexity index is 321. The summed E-state index contributed by atoms with van der Waals surface area (Å²) in [6.45, 7) is 2.56. The third-order valence-electron chi connectivity index (χ3n) is 3.10. The van der Waals surface area contributed by atoms with Crippen LogP contribution in [0.5, 0.6) is 0 Å². The maximum absolute atomic E-state index is 5.14. The molecule has 1 atom stereocenters. The van der Waals surface area contributed by atoms with Crippen molar-refractivity contribution in [1.82, 2.24) is 15.5 Å². The van der Waals surface area contributed by atoms with Gasteiger partial charge in [-0.2, -0.15) is 4.98 Å². The van der Waals surface area contributed by atoms with Crippen molar-refractivity contribution >= 4 is 0 Å². The van der Waals surface area contributed by atoms with E-state index in [-0.39, 0.29) is 6.10 Å². The summed E-state index contributed by atoms with van der Waals surface area (Å²) < 4.78 is 10.3. The lowest BCUT2D eigenvalue weighted by Gasteiger charge is -2.08. The Morgan fingerprint density at radius 3 is 2.94 bits per heavy atom. The second kappa shape index (κ2) is 5.41. The highest BCUT2D eigenvalue weighted by Gasteiger charge is 2.16. The molecule has 1 fully saturated rings. The summed E-state index contributed by atoms with van der Waals surface area (Å²) in [6.07, 6.45) is 5.07. The van der Waals surface area contributed by atoms with E-state index in [0.29, 0.717) is 24.3 Å². The molecule has 1 N–H and O–H groups in total. The predicted molar refractivity (Wildman–Crippen MR) is 58.8 cm³/mol. The van der Waals surface area contributed by atoms with E-state index in [1.807, 2.05) is 6.92 Å². The topological polar surface area (TPSA) is 60.2 Å². The van der Waals surface area contributed by atoms with Gasteiger partial charge in [0.1, 0.15) is 6.10 Å². The molecule has 0 spiro atoms. The van der Waals surface area contributed by atoms with E-state index in [1.54, 1.807) is 7.11 Å². The van der Waals surface area contributed by atoms with Crippen LogP contribution in [0.2, 0.25) is 0 Å². The first-order valence-corrected chi connectivity index (χ1v) is 5.88. The number of hydrogen-bond donors (Lipinski definition) is 1. The molecule has 0 aromatic carbocycles. The summed E-state index contributed by atoms with van der Waals surface area (Å²) in [5.74, 6) is 1.26. The Hall–Kier alpha value is -0.940. The van der Waals surface area contributed by atoms with E-state index in [1.165, 1.54) is 25.7 Å². The van der Waals surface area contributed by atoms with E-state index in [4.69, 9.17) is 9.26 Å². The lowest BCUT2D eigenvalue weighted by Crippen LogP contribution is -2.25. The molecule has 1 saturated carbocycles. The van der Waals surface area contributed by atoms with E-state index in [0.717, 1.165) is 0 Å². The molecule has 0 amide bonds. The highest BCUT2D eigenvalue weighted by molar-refractivity contribution is 4.90. The van der Waals surface area contributed by atoms with E-state index < -0.39 is 0 Å². The molecule has 1 unspecified atom stereocenters. The van der Waals surface area contributed by atoms with Gasteiger partial charge in [0.25, 0.3) is 0 Å². The lowest BCUT2D eigenvalue weighted by molar-refractivity contribution is 0.109. The number of aromatic nitrogens is 2. The summed E-state index contributed by atoms with van der Waals surface area (Å²) in [5.41, 5.74) is 0. The fourth-order valence-corrected chi connectivity index (χ4v) is 1.97. The zero-order valence-corrected chi connectivity index (χ0v) is 9.90. The molecule has 16 heavy (non-hydrogen) atoms. The number of ether oxygens (including phenoxy) is 1. The van der Waals surface area contributed by atoms with E-state index >= 15 is 0 Å². The molecule has 1 aliphatic rings. The van der Waals surface area contributed by atoms with Crippen LogP contribution in [0, 0.1) is 0 Å². The number of rotatable bonds is 5. The number of nitrogens with zero attached hydrogens (tertiary/aromatic N) is 2. The minimum Gasteiger partial charge on any atom is -0.374 e. The first-order valence-electron chi connectivity index (χ1n) is 5.88. The lowest BCUT2D eigenvalue weighted by atomic mass is 10.2. The quantitative estimate of drug-likeness (QED) is 0.828. The van der Waals surface area contributed by atoms with Gasteiger partial charge in [-0.3, -0.25) is 0 Å². The molecular weight excluding hydrogens is 206 g/mol. The van der Waals surface area contributed by atoms with Crippen molar-refractivity contribution in [1.29, 1.82) is 0 Å². The van der Waals surface area contributed by atoms with Crippen molar-refractivity contribution in [3.05, 3.63) is 11.7 Å². The van der Waals surface area contributed by atoms with Gasteiger partial charge in [0, 0.05) is 13.2 Å². The van der Waals surface area contributed by atoms with Crippen molar-refractivity contribution in [3.8, 4) is 0 Å². The largest absolute Gasteiger partial charge is 0.374 e. The first kappa shape index (κ1) is 11.5. The Morgan fingerprint density at radius 1 is 1.50 bits per heavy atom. The highest BCUT2D eigenvalue weighted by atomic mass is 16.5. The zero-order valence-electron chi connectivity index (χ0n) is 9.90. The van der Waals surface area contributed by atoms with Crippen LogP contribution in [-0.4, -0.2) is 23.3 Å². The summed E-state index contributed by atoms with van der Waals surface area (Å²) in [5, 5.41) is 7.31. The van der Waals surface area contributed by atoms with Crippen molar-refractivity contribution in [3.63, 3.8) is 0 Å². The minimum atomic E-state index is -0.107. The smallest absolute Gasteiger partial charge is 0.240 e. The van der Waals surface area contributed by atoms with Gasteiger partial charge in [0.15, 0.2) is 5.82 Å². The van der Waals surface area contributed by atoms with Gasteiger partial charge in [-0.05, 0) is 19.8 Å². The third-order valence-corrected chi connectivity index (χ3v) is 3.10. The molecule has 0 bridgehead atoms. The van der Waals surface area contributed by atoms with Crippen LogP contribution in [0.1, 0.15) is 50.4 Å². The van der Waals surface area contributed by atoms with Gasteiger partial charge in [-0.15, -0.1) is 0 Å². The standard InChI is InChI=1S/C11H19N3O2/c1-8(15-2)11-13-10(16-14-11)7-12-9-5-3-4-6-9/h8-9,12H,3-7H2,1-2H3. The fourth-order valence-electron chi connectivity index (χ4n) is 1.97. The highest BCUT2D eigenvalue weighted by Crippen LogP contribution is 2.18. The third kappa shape index (κ3) is 2.80. The van der Waals surface area contributed by atoms with Crippen molar-refractivity contribution in [2.75, 3.05) is 7.11 Å². The molecule has 1 heterocycles. The normalized spacial score (nSPS) is 19.1. The van der Waals surface area contributed by atoms with Crippen molar-refractivity contribution in [2.24, 2.45) is 0 Å². The van der Waals surface area contributed by atoms with Gasteiger partial charge in [-0.1, -0.05) is 18.0 Å². The first-order chi connectivity index (χ1) is 7.79. The number of hydrogen-bond acceptors (Lipinski definition) is 5. The summed E-state index contributed by atoms with van der Waals surface area (Å²) in [6, 6.07) is 0.621. The molecule has 0 saturated heterocycles.